The van der Waals surface area contributed by atoms with Crippen LogP contribution in [0.5, 0.6) is 5.75 Å². The van der Waals surface area contributed by atoms with Crippen molar-refractivity contribution in [3.63, 3.8) is 0 Å². The Morgan fingerprint density at radius 3 is 1.65 bits per heavy atom. The minimum Gasteiger partial charge on any atom is -0.370 e. The summed E-state index contributed by atoms with van der Waals surface area (Å²) in [5.74, 6) is 1.95. The van der Waals surface area contributed by atoms with E-state index in [9.17, 15) is 0 Å². The van der Waals surface area contributed by atoms with Crippen LogP contribution in [0.25, 0.3) is 0 Å². The van der Waals surface area contributed by atoms with Gasteiger partial charge in [0, 0.05) is 14.1 Å². The third-order valence-corrected chi connectivity index (χ3v) is 20.5. The van der Waals surface area contributed by atoms with Gasteiger partial charge >= 0.3 is 214 Å². The van der Waals surface area contributed by atoms with E-state index in [2.05, 4.69) is 128 Å². The van der Waals surface area contributed by atoms with Gasteiger partial charge < -0.3 is 10.6 Å². The number of nitrogens with two attached hydrogens (primary N) is 1. The maximum absolute atomic E-state index is 6.04. The molecule has 0 aromatic heterocycles. The number of unbranched alkanes of at least 4 members (excludes halogenated alkanes) is 6. The third-order valence-electron chi connectivity index (χ3n) is 8.72. The Bertz CT molecular complexity index is 1480. The van der Waals surface area contributed by atoms with Gasteiger partial charge in [0.25, 0.3) is 0 Å². The van der Waals surface area contributed by atoms with Gasteiger partial charge in [-0.25, -0.2) is 9.98 Å². The van der Waals surface area contributed by atoms with E-state index in [1.54, 1.807) is 0 Å². The fourth-order valence-electron chi connectivity index (χ4n) is 6.20. The van der Waals surface area contributed by atoms with Crippen molar-refractivity contribution in [2.75, 3.05) is 26.9 Å². The number of hydrogen-bond donors (Lipinski definition) is 2. The number of ether oxygens (including phenoxy) is 1. The molecule has 0 bridgehead atoms. The Hall–Kier alpha value is -3.42. The number of hydrogen-bond acceptors (Lipinski definition) is 6. The van der Waals surface area contributed by atoms with E-state index < -0.39 is 4.25 Å². The second-order valence-corrected chi connectivity index (χ2v) is 22.9. The Labute approximate surface area is 288 Å². The van der Waals surface area contributed by atoms with Crippen LogP contribution in [-0.2, 0) is 0 Å². The minimum atomic E-state index is -2.65. The first-order chi connectivity index (χ1) is 22.4. The molecule has 0 radical (unpaired) electrons. The van der Waals surface area contributed by atoms with Crippen LogP contribution in [0.15, 0.2) is 125 Å². The van der Waals surface area contributed by atoms with E-state index in [1.807, 2.05) is 43.3 Å². The van der Waals surface area contributed by atoms with Crippen LogP contribution in [0.1, 0.15) is 56.7 Å². The quantitative estimate of drug-likeness (QED) is 0.0751. The number of nitrogens with zero attached hydrogens (tertiary/aromatic N) is 3. The van der Waals surface area contributed by atoms with Crippen LogP contribution in [0, 0.1) is 0 Å². The zero-order chi connectivity index (χ0) is 32.3. The zero-order valence-electron chi connectivity index (χ0n) is 27.1. The number of halogens is 1. The molecule has 4 aromatic carbocycles. The van der Waals surface area contributed by atoms with Crippen molar-refractivity contribution >= 4 is 54.1 Å². The predicted molar refractivity (Wildman–Crippen MR) is 207 cm³/mol. The molecule has 6 nitrogen and oxygen atoms in total. The second kappa shape index (κ2) is 15.9. The van der Waals surface area contributed by atoms with Gasteiger partial charge in [0.05, 0.1) is 0 Å². The molecule has 0 aliphatic carbocycles. The number of aliphatic imine (C=N–C) groups is 2. The van der Waals surface area contributed by atoms with E-state index >= 15 is 0 Å². The fraction of sp³-hybridized carbons (Fsp3) is 0.316. The van der Waals surface area contributed by atoms with Crippen LogP contribution < -0.4 is 31.7 Å². The van der Waals surface area contributed by atoms with E-state index in [1.165, 1.54) is 60.6 Å². The van der Waals surface area contributed by atoms with E-state index in [0.717, 1.165) is 24.3 Å². The molecule has 0 spiro atoms. The Morgan fingerprint density at radius 1 is 0.674 bits per heavy atom. The summed E-state index contributed by atoms with van der Waals surface area (Å²) in [6, 6.07) is 41.8. The summed E-state index contributed by atoms with van der Waals surface area (Å²) in [5, 5.41) is 7.40. The normalized spacial score (nSPS) is 15.5. The first-order valence-electron chi connectivity index (χ1n) is 16.4. The van der Waals surface area contributed by atoms with Crippen molar-refractivity contribution < 1.29 is 4.74 Å². The molecule has 1 heterocycles. The van der Waals surface area contributed by atoms with Crippen molar-refractivity contribution in [1.29, 1.82) is 0 Å². The Kier molecular flexibility index (Phi) is 11.7. The van der Waals surface area contributed by atoms with Crippen LogP contribution in [0.2, 0.25) is 0 Å². The molecule has 46 heavy (non-hydrogen) atoms. The van der Waals surface area contributed by atoms with Crippen LogP contribution in [0.3, 0.4) is 0 Å². The molecule has 1 aliphatic rings. The summed E-state index contributed by atoms with van der Waals surface area (Å²) in [7, 11) is 3.85. The third kappa shape index (κ3) is 7.92. The molecule has 0 saturated heterocycles. The SMILES string of the molecule is CN(C)C1=NC(c2ccc(OCCCCCCCCCP(I)(c3ccccc3)(c3ccccc3)c3ccccc3)cc2)N=C(N)N1. The van der Waals surface area contributed by atoms with Gasteiger partial charge in [0.2, 0.25) is 5.96 Å². The molecule has 0 saturated carbocycles. The van der Waals surface area contributed by atoms with Gasteiger partial charge in [0.15, 0.2) is 12.1 Å². The molecular weight excluding hydrogens is 700 g/mol. The monoisotopic (exact) mass is 747 g/mol. The summed E-state index contributed by atoms with van der Waals surface area (Å²) in [5.41, 5.74) is 6.94. The average molecular weight is 748 g/mol. The molecule has 0 fully saturated rings. The molecule has 3 N–H and O–H groups in total. The molecule has 1 atom stereocenters. The smallest absolute Gasteiger partial charge is 0.370 e. The van der Waals surface area contributed by atoms with Crippen molar-refractivity contribution in [3.05, 3.63) is 121 Å². The Balaban J connectivity index is 1.08. The van der Waals surface area contributed by atoms with E-state index in [4.69, 9.17) is 10.5 Å². The number of nitrogens with one attached hydrogen (secondary N) is 1. The second-order valence-electron chi connectivity index (χ2n) is 12.2. The molecule has 242 valence electrons. The van der Waals surface area contributed by atoms with E-state index in [-0.39, 0.29) is 6.17 Å². The van der Waals surface area contributed by atoms with Crippen molar-refractivity contribution in [2.24, 2.45) is 15.7 Å². The van der Waals surface area contributed by atoms with Crippen LogP contribution in [0.4, 0.5) is 0 Å². The standard InChI is InChI=1S/C38H47IN5OP/c1-44(2)38-42-36(41-37(40)43-38)31-25-27-32(28-26-31)45-29-17-6-4-3-5-7-18-30-46(39,33-19-11-8-12-20-33,34-21-13-9-14-22-34)35-23-15-10-16-24-35/h8-16,19-28,36H,3-7,17-18,29-30H2,1-2H3,(H3,40,41,42,43). The summed E-state index contributed by atoms with van der Waals surface area (Å²) in [6.07, 6.45) is 9.34. The minimum absolute atomic E-state index is 0.344. The van der Waals surface area contributed by atoms with Gasteiger partial charge in [-0.3, -0.25) is 5.32 Å². The van der Waals surface area contributed by atoms with Gasteiger partial charge in [-0.1, -0.05) is 12.1 Å². The number of benzene rings is 4. The van der Waals surface area contributed by atoms with Crippen molar-refractivity contribution in [2.45, 2.75) is 51.1 Å². The summed E-state index contributed by atoms with van der Waals surface area (Å²) in [6.45, 7) is 0.732. The predicted octanol–water partition coefficient (Wildman–Crippen LogP) is 7.51. The maximum atomic E-state index is 6.04. The number of rotatable bonds is 15. The molecule has 1 unspecified atom stereocenters. The summed E-state index contributed by atoms with van der Waals surface area (Å²) < 4.78 is 3.38. The number of guanidine groups is 2. The van der Waals surface area contributed by atoms with Gasteiger partial charge in [-0.05, 0) is 5.56 Å². The van der Waals surface area contributed by atoms with Crippen LogP contribution in [-0.4, -0.2) is 43.7 Å². The first kappa shape index (κ1) is 33.9. The molecule has 1 aliphatic heterocycles. The summed E-state index contributed by atoms with van der Waals surface area (Å²) >= 11 is 2.91. The van der Waals surface area contributed by atoms with Gasteiger partial charge in [0.1, 0.15) is 0 Å². The zero-order valence-corrected chi connectivity index (χ0v) is 30.1. The molecular formula is C38H47IN5OP. The summed E-state index contributed by atoms with van der Waals surface area (Å²) in [4.78, 5) is 10.9. The van der Waals surface area contributed by atoms with Gasteiger partial charge in [-0.2, -0.15) is 0 Å². The van der Waals surface area contributed by atoms with Crippen LogP contribution >= 0.6 is 26.3 Å². The Morgan fingerprint density at radius 2 is 1.15 bits per heavy atom. The molecule has 8 heteroatoms. The average Bonchev–Trinajstić information content (AvgIpc) is 3.10. The fourth-order valence-corrected chi connectivity index (χ4v) is 15.0. The first-order valence-corrected chi connectivity index (χ1v) is 21.6. The van der Waals surface area contributed by atoms with E-state index in [0.29, 0.717) is 11.9 Å². The van der Waals surface area contributed by atoms with Gasteiger partial charge in [-0.15, -0.1) is 0 Å². The molecule has 4 aromatic rings. The molecule has 0 amide bonds. The van der Waals surface area contributed by atoms with Crippen molar-refractivity contribution in [1.82, 2.24) is 10.2 Å². The molecule has 5 rings (SSSR count). The van der Waals surface area contributed by atoms with Crippen molar-refractivity contribution in [3.8, 4) is 5.75 Å². The topological polar surface area (TPSA) is 75.2 Å².